The van der Waals surface area contributed by atoms with Gasteiger partial charge in [0.05, 0.1) is 0 Å². The number of fused-ring (bicyclic) bond motifs is 1. The van der Waals surface area contributed by atoms with Crippen molar-refractivity contribution in [2.45, 2.75) is 18.8 Å². The minimum Gasteiger partial charge on any atom is -0.295 e. The van der Waals surface area contributed by atoms with Crippen LogP contribution in [0, 0.1) is 0 Å². The molecule has 13 heavy (non-hydrogen) atoms. The van der Waals surface area contributed by atoms with Gasteiger partial charge in [0.1, 0.15) is 0 Å². The maximum atomic E-state index is 11.1. The van der Waals surface area contributed by atoms with Gasteiger partial charge in [-0.2, -0.15) is 0 Å². The van der Waals surface area contributed by atoms with E-state index in [-0.39, 0.29) is 5.78 Å². The maximum Gasteiger partial charge on any atom is 0.155 e. The van der Waals surface area contributed by atoms with E-state index in [2.05, 4.69) is 18.7 Å². The lowest BCUT2D eigenvalue weighted by atomic mass is 9.75. The molecule has 0 heterocycles. The van der Waals surface area contributed by atoms with Gasteiger partial charge in [0.25, 0.3) is 0 Å². The lowest BCUT2D eigenvalue weighted by Crippen LogP contribution is -2.19. The Morgan fingerprint density at radius 1 is 1.54 bits per heavy atom. The molecule has 1 nitrogen and oxygen atoms in total. The second-order valence-corrected chi connectivity index (χ2v) is 3.47. The van der Waals surface area contributed by atoms with Gasteiger partial charge >= 0.3 is 0 Å². The summed E-state index contributed by atoms with van der Waals surface area (Å²) in [5.41, 5.74) is 2.74. The Morgan fingerprint density at radius 3 is 3.00 bits per heavy atom. The SMILES string of the molecule is C=CC(=O)CC1Cc2ccccc21. The molecule has 0 aromatic heterocycles. The number of ketones is 1. The third-order valence-electron chi connectivity index (χ3n) is 2.64. The van der Waals surface area contributed by atoms with E-state index in [1.165, 1.54) is 17.2 Å². The Kier molecular flexibility index (Phi) is 2.01. The molecule has 1 unspecified atom stereocenters. The number of benzene rings is 1. The normalized spacial score (nSPS) is 18.6. The van der Waals surface area contributed by atoms with Gasteiger partial charge in [0.2, 0.25) is 0 Å². The second kappa shape index (κ2) is 3.17. The Bertz CT molecular complexity index is 352. The van der Waals surface area contributed by atoms with Crippen LogP contribution in [0.15, 0.2) is 36.9 Å². The van der Waals surface area contributed by atoms with E-state index < -0.39 is 0 Å². The van der Waals surface area contributed by atoms with Crippen LogP contribution >= 0.6 is 0 Å². The number of allylic oxidation sites excluding steroid dienone is 1. The van der Waals surface area contributed by atoms with E-state index in [1.54, 1.807) is 0 Å². The molecular formula is C12H12O. The molecule has 1 aliphatic carbocycles. The molecule has 0 radical (unpaired) electrons. The molecule has 66 valence electrons. The fraction of sp³-hybridized carbons (Fsp3) is 0.250. The molecule has 0 aliphatic heterocycles. The third kappa shape index (κ3) is 1.42. The van der Waals surface area contributed by atoms with Crippen LogP contribution in [0.2, 0.25) is 0 Å². The standard InChI is InChI=1S/C12H12O/c1-2-11(13)8-10-7-9-5-3-4-6-12(9)10/h2-6,10H,1,7-8H2. The number of rotatable bonds is 3. The van der Waals surface area contributed by atoms with Crippen molar-refractivity contribution in [1.29, 1.82) is 0 Å². The van der Waals surface area contributed by atoms with E-state index in [1.807, 2.05) is 12.1 Å². The van der Waals surface area contributed by atoms with E-state index in [0.29, 0.717) is 12.3 Å². The van der Waals surface area contributed by atoms with Crippen molar-refractivity contribution in [1.82, 2.24) is 0 Å². The van der Waals surface area contributed by atoms with Gasteiger partial charge in [-0.1, -0.05) is 30.8 Å². The number of hydrogen-bond donors (Lipinski definition) is 0. The predicted octanol–water partition coefficient (Wildman–Crippen LogP) is 2.47. The minimum atomic E-state index is 0.152. The van der Waals surface area contributed by atoms with Crippen LogP contribution in [0.1, 0.15) is 23.5 Å². The number of carbonyl (C=O) groups excluding carboxylic acids is 1. The summed E-state index contributed by atoms with van der Waals surface area (Å²) in [6.07, 6.45) is 3.09. The van der Waals surface area contributed by atoms with E-state index in [4.69, 9.17) is 0 Å². The van der Waals surface area contributed by atoms with Crippen molar-refractivity contribution >= 4 is 5.78 Å². The molecule has 0 amide bonds. The van der Waals surface area contributed by atoms with Gasteiger partial charge < -0.3 is 0 Å². The van der Waals surface area contributed by atoms with E-state index in [9.17, 15) is 4.79 Å². The Balaban J connectivity index is 2.09. The zero-order chi connectivity index (χ0) is 9.26. The summed E-state index contributed by atoms with van der Waals surface area (Å²) in [5, 5.41) is 0. The summed E-state index contributed by atoms with van der Waals surface area (Å²) in [6, 6.07) is 8.32. The fourth-order valence-corrected chi connectivity index (χ4v) is 1.87. The highest BCUT2D eigenvalue weighted by molar-refractivity contribution is 5.90. The smallest absolute Gasteiger partial charge is 0.155 e. The van der Waals surface area contributed by atoms with Crippen molar-refractivity contribution in [3.8, 4) is 0 Å². The van der Waals surface area contributed by atoms with Crippen LogP contribution in [-0.2, 0) is 11.2 Å². The van der Waals surface area contributed by atoms with Gasteiger partial charge in [-0.25, -0.2) is 0 Å². The van der Waals surface area contributed by atoms with Crippen LogP contribution in [0.3, 0.4) is 0 Å². The van der Waals surface area contributed by atoms with Crippen molar-refractivity contribution < 1.29 is 4.79 Å². The molecule has 0 N–H and O–H groups in total. The molecule has 0 saturated heterocycles. The highest BCUT2D eigenvalue weighted by Crippen LogP contribution is 2.37. The average Bonchev–Trinajstić information content (AvgIpc) is 2.14. The van der Waals surface area contributed by atoms with E-state index >= 15 is 0 Å². The predicted molar refractivity (Wildman–Crippen MR) is 52.7 cm³/mol. The number of hydrogen-bond acceptors (Lipinski definition) is 1. The largest absolute Gasteiger partial charge is 0.295 e. The molecule has 0 fully saturated rings. The van der Waals surface area contributed by atoms with Crippen molar-refractivity contribution in [2.24, 2.45) is 0 Å². The highest BCUT2D eigenvalue weighted by atomic mass is 16.1. The van der Waals surface area contributed by atoms with Crippen molar-refractivity contribution in [3.63, 3.8) is 0 Å². The zero-order valence-electron chi connectivity index (χ0n) is 7.49. The lowest BCUT2D eigenvalue weighted by Gasteiger charge is -2.29. The molecule has 2 rings (SSSR count). The second-order valence-electron chi connectivity index (χ2n) is 3.47. The quantitative estimate of drug-likeness (QED) is 0.640. The van der Waals surface area contributed by atoms with Crippen LogP contribution in [-0.4, -0.2) is 5.78 Å². The topological polar surface area (TPSA) is 17.1 Å². The summed E-state index contributed by atoms with van der Waals surface area (Å²) in [6.45, 7) is 3.48. The van der Waals surface area contributed by atoms with E-state index in [0.717, 1.165) is 6.42 Å². The average molecular weight is 172 g/mol. The summed E-state index contributed by atoms with van der Waals surface area (Å²) in [7, 11) is 0. The monoisotopic (exact) mass is 172 g/mol. The highest BCUT2D eigenvalue weighted by Gasteiger charge is 2.26. The molecule has 0 spiro atoms. The summed E-state index contributed by atoms with van der Waals surface area (Å²) in [4.78, 5) is 11.1. The zero-order valence-corrected chi connectivity index (χ0v) is 7.49. The molecule has 1 aromatic rings. The van der Waals surface area contributed by atoms with Gasteiger partial charge in [-0.3, -0.25) is 4.79 Å². The third-order valence-corrected chi connectivity index (χ3v) is 2.64. The van der Waals surface area contributed by atoms with Gasteiger partial charge in [-0.15, -0.1) is 0 Å². The first kappa shape index (κ1) is 8.24. The van der Waals surface area contributed by atoms with Crippen LogP contribution in [0.4, 0.5) is 0 Å². The number of carbonyl (C=O) groups is 1. The molecule has 0 bridgehead atoms. The molecular weight excluding hydrogens is 160 g/mol. The Labute approximate surface area is 78.1 Å². The van der Waals surface area contributed by atoms with Gasteiger partial charge in [0, 0.05) is 6.42 Å². The molecule has 1 heteroatoms. The summed E-state index contributed by atoms with van der Waals surface area (Å²) < 4.78 is 0. The minimum absolute atomic E-state index is 0.152. The van der Waals surface area contributed by atoms with Crippen LogP contribution in [0.25, 0.3) is 0 Å². The van der Waals surface area contributed by atoms with Crippen LogP contribution in [0.5, 0.6) is 0 Å². The van der Waals surface area contributed by atoms with Crippen molar-refractivity contribution in [3.05, 3.63) is 48.0 Å². The maximum absolute atomic E-state index is 11.1. The first-order valence-corrected chi connectivity index (χ1v) is 4.54. The van der Waals surface area contributed by atoms with Gasteiger partial charge in [0.15, 0.2) is 5.78 Å². The van der Waals surface area contributed by atoms with Gasteiger partial charge in [-0.05, 0) is 29.5 Å². The molecule has 1 aromatic carbocycles. The summed E-state index contributed by atoms with van der Waals surface area (Å²) in [5.74, 6) is 0.598. The molecule has 1 atom stereocenters. The molecule has 0 saturated carbocycles. The molecule has 1 aliphatic rings. The van der Waals surface area contributed by atoms with Crippen LogP contribution < -0.4 is 0 Å². The van der Waals surface area contributed by atoms with Crippen molar-refractivity contribution in [2.75, 3.05) is 0 Å². The Hall–Kier alpha value is -1.37. The Morgan fingerprint density at radius 2 is 2.31 bits per heavy atom. The fourth-order valence-electron chi connectivity index (χ4n) is 1.87. The lowest BCUT2D eigenvalue weighted by molar-refractivity contribution is -0.115. The summed E-state index contributed by atoms with van der Waals surface area (Å²) >= 11 is 0. The first-order valence-electron chi connectivity index (χ1n) is 4.54. The first-order chi connectivity index (χ1) is 6.31.